The average Bonchev–Trinajstić information content (AvgIpc) is 2.84. The van der Waals surface area contributed by atoms with E-state index in [4.69, 9.17) is 74.5 Å². The smallest absolute Gasteiger partial charge is 0.411 e. The fraction of sp³-hybridized carbons (Fsp3) is 0.889. The van der Waals surface area contributed by atoms with Gasteiger partial charge in [-0.05, 0) is 38.5 Å². The van der Waals surface area contributed by atoms with Crippen molar-refractivity contribution < 1.29 is 17.1 Å². The summed E-state index contributed by atoms with van der Waals surface area (Å²) in [5, 5.41) is 0. The number of thiocarbonyl (C=S) groups is 3. The Hall–Kier alpha value is 0.849. The molecule has 0 aliphatic carbocycles. The first-order chi connectivity index (χ1) is 17.2. The summed E-state index contributed by atoms with van der Waals surface area (Å²) in [4.78, 5) is 6.41. The van der Waals surface area contributed by atoms with Gasteiger partial charge in [-0.1, -0.05) is 93.0 Å². The predicted molar refractivity (Wildman–Crippen MR) is 184 cm³/mol. The Labute approximate surface area is 275 Å². The quantitative estimate of drug-likeness (QED) is 0.0807. The minimum Gasteiger partial charge on any atom is -0.411 e. The van der Waals surface area contributed by atoms with Gasteiger partial charge in [-0.3, -0.25) is 0 Å². The minimum absolute atomic E-state index is 0. The molecule has 0 amide bonds. The van der Waals surface area contributed by atoms with Crippen LogP contribution >= 0.6 is 36.7 Å². The van der Waals surface area contributed by atoms with Crippen molar-refractivity contribution in [2.24, 2.45) is 0 Å². The van der Waals surface area contributed by atoms with E-state index in [1.807, 2.05) is 0 Å². The number of unbranched alkanes of at least 4 members (excludes halogenated alkanes) is 6. The monoisotopic (exact) mass is 667 g/mol. The molecule has 0 aromatic rings. The molecule has 0 aliphatic rings. The number of rotatable bonds is 18. The van der Waals surface area contributed by atoms with E-state index in [1.54, 1.807) is 0 Å². The van der Waals surface area contributed by atoms with Crippen molar-refractivity contribution in [1.29, 1.82) is 0 Å². The second-order valence-corrected chi connectivity index (χ2v) is 12.0. The molecule has 10 heteroatoms. The van der Waals surface area contributed by atoms with E-state index in [1.165, 1.54) is 77.0 Å². The van der Waals surface area contributed by atoms with Gasteiger partial charge in [-0.25, -0.2) is 0 Å². The van der Waals surface area contributed by atoms with Crippen LogP contribution in [0.25, 0.3) is 0 Å². The molecule has 0 N–H and O–H groups in total. The van der Waals surface area contributed by atoms with Crippen LogP contribution in [0.15, 0.2) is 0 Å². The van der Waals surface area contributed by atoms with Crippen LogP contribution in [0.2, 0.25) is 0 Å². The van der Waals surface area contributed by atoms with Crippen molar-refractivity contribution >= 4 is 87.5 Å². The summed E-state index contributed by atoms with van der Waals surface area (Å²) >= 11 is 29.9. The van der Waals surface area contributed by atoms with E-state index in [9.17, 15) is 0 Å². The summed E-state index contributed by atoms with van der Waals surface area (Å²) in [7, 11) is 0. The van der Waals surface area contributed by atoms with E-state index in [2.05, 4.69) is 56.2 Å². The van der Waals surface area contributed by atoms with E-state index < -0.39 is 0 Å². The zero-order valence-electron chi connectivity index (χ0n) is 24.4. The summed E-state index contributed by atoms with van der Waals surface area (Å²) in [6, 6.07) is 0. The summed E-state index contributed by atoms with van der Waals surface area (Å²) < 4.78 is 1.91. The van der Waals surface area contributed by atoms with Gasteiger partial charge in [0.25, 0.3) is 0 Å². The SMILES string of the molecule is CCCCN(CCCC)C(=S)[S-].CCCCN(CCCC)C(=S)[S-].CCCCN(CCCC)C(=S)[S-].[Mn+3]. The summed E-state index contributed by atoms with van der Waals surface area (Å²) in [6.07, 6.45) is 14.4. The first kappa shape index (κ1) is 44.9. The number of nitrogens with zero attached hydrogens (tertiary/aromatic N) is 3. The van der Waals surface area contributed by atoms with Crippen LogP contribution in [0, 0.1) is 0 Å². The Morgan fingerprint density at radius 1 is 0.405 bits per heavy atom. The number of hydrogen-bond acceptors (Lipinski definition) is 6. The van der Waals surface area contributed by atoms with Gasteiger partial charge in [0.2, 0.25) is 0 Å². The average molecular weight is 668 g/mol. The fourth-order valence-electron chi connectivity index (χ4n) is 2.98. The number of hydrogen-bond donors (Lipinski definition) is 0. The van der Waals surface area contributed by atoms with Crippen LogP contribution in [-0.4, -0.2) is 66.9 Å². The Bertz CT molecular complexity index is 431. The molecule has 0 saturated heterocycles. The summed E-state index contributed by atoms with van der Waals surface area (Å²) in [6.45, 7) is 19.4. The van der Waals surface area contributed by atoms with Crippen LogP contribution in [0.1, 0.15) is 119 Å². The van der Waals surface area contributed by atoms with Crippen molar-refractivity contribution in [1.82, 2.24) is 14.7 Å². The molecular formula is C27H54MnN3S6. The molecule has 37 heavy (non-hydrogen) atoms. The van der Waals surface area contributed by atoms with Crippen molar-refractivity contribution in [3.63, 3.8) is 0 Å². The Morgan fingerprint density at radius 3 is 0.622 bits per heavy atom. The molecule has 0 spiro atoms. The fourth-order valence-corrected chi connectivity index (χ4v) is 4.07. The summed E-state index contributed by atoms with van der Waals surface area (Å²) in [5.74, 6) is 0. The van der Waals surface area contributed by atoms with E-state index in [0.29, 0.717) is 13.0 Å². The molecule has 0 unspecified atom stereocenters. The summed E-state index contributed by atoms with van der Waals surface area (Å²) in [5.41, 5.74) is 0. The molecule has 0 atom stereocenters. The van der Waals surface area contributed by atoms with Crippen LogP contribution < -0.4 is 0 Å². The molecule has 0 rings (SSSR count). The largest absolute Gasteiger partial charge is 3.00 e. The molecule has 220 valence electrons. The van der Waals surface area contributed by atoms with E-state index in [0.717, 1.165) is 39.3 Å². The molecule has 0 heterocycles. The normalized spacial score (nSPS) is 9.57. The maximum absolute atomic E-state index is 4.98. The molecule has 0 bridgehead atoms. The third-order valence-electron chi connectivity index (χ3n) is 5.46. The molecule has 0 saturated carbocycles. The van der Waals surface area contributed by atoms with Crippen LogP contribution in [0.3, 0.4) is 0 Å². The van der Waals surface area contributed by atoms with Gasteiger partial charge >= 0.3 is 17.1 Å². The first-order valence-electron chi connectivity index (χ1n) is 14.0. The zero-order chi connectivity index (χ0) is 28.2. The second-order valence-electron chi connectivity index (χ2n) is 8.88. The van der Waals surface area contributed by atoms with E-state index >= 15 is 0 Å². The molecule has 0 aromatic carbocycles. The predicted octanol–water partition coefficient (Wildman–Crippen LogP) is 8.16. The molecular weight excluding hydrogens is 614 g/mol. The maximum Gasteiger partial charge on any atom is 3.00 e. The first-order valence-corrected chi connectivity index (χ1v) is 16.5. The molecule has 0 fully saturated rings. The van der Waals surface area contributed by atoms with Crippen LogP contribution in [0.4, 0.5) is 0 Å². The molecule has 0 aliphatic heterocycles. The van der Waals surface area contributed by atoms with Gasteiger partial charge in [0.15, 0.2) is 0 Å². The Kier molecular flexibility index (Phi) is 42.3. The van der Waals surface area contributed by atoms with Crippen molar-refractivity contribution in [3.05, 3.63) is 0 Å². The minimum atomic E-state index is 0. The third-order valence-corrected chi connectivity index (χ3v) is 7.01. The second kappa shape index (κ2) is 34.9. The Morgan fingerprint density at radius 2 is 0.541 bits per heavy atom. The Balaban J connectivity index is -0.000000218. The van der Waals surface area contributed by atoms with Gasteiger partial charge in [0.1, 0.15) is 0 Å². The van der Waals surface area contributed by atoms with E-state index in [-0.39, 0.29) is 17.1 Å². The van der Waals surface area contributed by atoms with Crippen LogP contribution in [-0.2, 0) is 55.0 Å². The van der Waals surface area contributed by atoms with Gasteiger partial charge in [0.05, 0.1) is 0 Å². The maximum atomic E-state index is 4.98. The van der Waals surface area contributed by atoms with Gasteiger partial charge in [-0.15, -0.1) is 0 Å². The topological polar surface area (TPSA) is 9.72 Å². The van der Waals surface area contributed by atoms with Crippen LogP contribution in [0.5, 0.6) is 0 Å². The van der Waals surface area contributed by atoms with Crippen molar-refractivity contribution in [3.8, 4) is 0 Å². The van der Waals surface area contributed by atoms with Gasteiger partial charge in [0, 0.05) is 39.3 Å². The van der Waals surface area contributed by atoms with Crippen molar-refractivity contribution in [2.75, 3.05) is 39.3 Å². The van der Waals surface area contributed by atoms with Gasteiger partial charge < -0.3 is 89.2 Å². The molecule has 0 aromatic heterocycles. The standard InChI is InChI=1S/3C9H19NS2.Mn/c3*1-3-5-7-10(9(11)12)8-6-4-2;/h3*3-8H2,1-2H3,(H,11,12);/q;;;+3/p-3. The van der Waals surface area contributed by atoms with Crippen molar-refractivity contribution in [2.45, 2.75) is 119 Å². The molecule has 3 nitrogen and oxygen atoms in total. The zero-order valence-corrected chi connectivity index (χ0v) is 30.5. The third kappa shape index (κ3) is 33.0. The molecule has 0 radical (unpaired) electrons. The van der Waals surface area contributed by atoms with Gasteiger partial charge in [-0.2, -0.15) is 0 Å².